The van der Waals surface area contributed by atoms with Crippen molar-refractivity contribution in [2.45, 2.75) is 130 Å². The summed E-state index contributed by atoms with van der Waals surface area (Å²) in [4.78, 5) is 0. The van der Waals surface area contributed by atoms with Gasteiger partial charge in [0, 0.05) is 0 Å². The third-order valence-electron chi connectivity index (χ3n) is 5.48. The molecule has 0 fully saturated rings. The smallest absolute Gasteiger partial charge is 0.0386 e. The molecule has 0 spiro atoms. The van der Waals surface area contributed by atoms with E-state index in [1.54, 1.807) is 0 Å². The summed E-state index contributed by atoms with van der Waals surface area (Å²) in [5.74, 6) is 2.04. The lowest BCUT2D eigenvalue weighted by Gasteiger charge is -2.27. The molecule has 134 valence electrons. The van der Waals surface area contributed by atoms with Crippen molar-refractivity contribution < 1.29 is 0 Å². The lowest BCUT2D eigenvalue weighted by molar-refractivity contribution is 0.250. The summed E-state index contributed by atoms with van der Waals surface area (Å²) < 4.78 is 0. The molecule has 0 heteroatoms. The minimum Gasteiger partial charge on any atom is -0.0654 e. The quantitative estimate of drug-likeness (QED) is 0.236. The Kier molecular flexibility index (Phi) is 17.4. The molecule has 0 saturated carbocycles. The van der Waals surface area contributed by atoms with E-state index in [4.69, 9.17) is 0 Å². The predicted molar refractivity (Wildman–Crippen MR) is 104 cm³/mol. The molecule has 0 heterocycles. The van der Waals surface area contributed by atoms with Crippen molar-refractivity contribution in [3.8, 4) is 0 Å². The fourth-order valence-electron chi connectivity index (χ4n) is 3.89. The second-order valence-electron chi connectivity index (χ2n) is 7.48. The van der Waals surface area contributed by atoms with Crippen LogP contribution in [-0.4, -0.2) is 0 Å². The van der Waals surface area contributed by atoms with Gasteiger partial charge in [-0.15, -0.1) is 0 Å². The highest BCUT2D eigenvalue weighted by Crippen LogP contribution is 2.31. The minimum absolute atomic E-state index is 1.01. The normalized spacial score (nSPS) is 13.0. The zero-order chi connectivity index (χ0) is 16.5. The van der Waals surface area contributed by atoms with Gasteiger partial charge in [0.1, 0.15) is 0 Å². The van der Waals surface area contributed by atoms with E-state index in [-0.39, 0.29) is 0 Å². The Bertz CT molecular complexity index is 186. The van der Waals surface area contributed by atoms with Gasteiger partial charge in [-0.05, 0) is 11.8 Å². The van der Waals surface area contributed by atoms with E-state index in [1.165, 1.54) is 103 Å². The average molecular weight is 311 g/mol. The van der Waals surface area contributed by atoms with Gasteiger partial charge in [-0.1, -0.05) is 130 Å². The summed E-state index contributed by atoms with van der Waals surface area (Å²) in [6.07, 6.45) is 23.2. The Balaban J connectivity index is 4.05. The molecule has 0 aromatic carbocycles. The van der Waals surface area contributed by atoms with Gasteiger partial charge >= 0.3 is 0 Å². The molecule has 22 heavy (non-hydrogen) atoms. The summed E-state index contributed by atoms with van der Waals surface area (Å²) in [6, 6.07) is 0. The summed E-state index contributed by atoms with van der Waals surface area (Å²) >= 11 is 0. The topological polar surface area (TPSA) is 0 Å². The maximum absolute atomic E-state index is 2.44. The Morgan fingerprint density at radius 3 is 1.27 bits per heavy atom. The molecule has 1 unspecified atom stereocenters. The molecule has 0 rings (SSSR count). The highest BCUT2D eigenvalue weighted by molar-refractivity contribution is 4.70. The van der Waals surface area contributed by atoms with Crippen LogP contribution >= 0.6 is 0 Å². The molecule has 0 aliphatic carbocycles. The monoisotopic (exact) mass is 310 g/mol. The number of hydrogen-bond donors (Lipinski definition) is 0. The SMILES string of the molecule is CCCCCCCCC(CC)C(CCCCC)CCCCC. The first-order valence-corrected chi connectivity index (χ1v) is 10.8. The zero-order valence-corrected chi connectivity index (χ0v) is 16.5. The lowest BCUT2D eigenvalue weighted by atomic mass is 9.79. The second-order valence-corrected chi connectivity index (χ2v) is 7.48. The van der Waals surface area contributed by atoms with E-state index in [9.17, 15) is 0 Å². The van der Waals surface area contributed by atoms with Gasteiger partial charge < -0.3 is 0 Å². The molecule has 0 radical (unpaired) electrons. The van der Waals surface area contributed by atoms with Crippen molar-refractivity contribution in [1.82, 2.24) is 0 Å². The molecule has 1 atom stereocenters. The van der Waals surface area contributed by atoms with Crippen LogP contribution in [0.15, 0.2) is 0 Å². The molecule has 0 aliphatic heterocycles. The number of unbranched alkanes of at least 4 members (excludes halogenated alkanes) is 9. The van der Waals surface area contributed by atoms with Crippen LogP contribution in [-0.2, 0) is 0 Å². The van der Waals surface area contributed by atoms with Crippen molar-refractivity contribution in [2.75, 3.05) is 0 Å². The molecule has 0 saturated heterocycles. The minimum atomic E-state index is 1.01. The molecular formula is C22H46. The van der Waals surface area contributed by atoms with E-state index in [1.807, 2.05) is 0 Å². The first-order chi connectivity index (χ1) is 10.8. The van der Waals surface area contributed by atoms with E-state index in [2.05, 4.69) is 27.7 Å². The average Bonchev–Trinajstić information content (AvgIpc) is 2.53. The van der Waals surface area contributed by atoms with Crippen LogP contribution in [0.25, 0.3) is 0 Å². The maximum Gasteiger partial charge on any atom is -0.0386 e. The molecule has 0 aliphatic rings. The van der Waals surface area contributed by atoms with Crippen LogP contribution in [0.4, 0.5) is 0 Å². The van der Waals surface area contributed by atoms with E-state index in [0.29, 0.717) is 0 Å². The van der Waals surface area contributed by atoms with Gasteiger partial charge in [0.15, 0.2) is 0 Å². The van der Waals surface area contributed by atoms with E-state index in [0.717, 1.165) is 11.8 Å². The van der Waals surface area contributed by atoms with Crippen LogP contribution < -0.4 is 0 Å². The van der Waals surface area contributed by atoms with Crippen molar-refractivity contribution in [2.24, 2.45) is 11.8 Å². The molecule has 0 aromatic heterocycles. The number of hydrogen-bond acceptors (Lipinski definition) is 0. The van der Waals surface area contributed by atoms with Crippen LogP contribution in [0.3, 0.4) is 0 Å². The highest BCUT2D eigenvalue weighted by Gasteiger charge is 2.18. The van der Waals surface area contributed by atoms with Crippen LogP contribution in [0.5, 0.6) is 0 Å². The van der Waals surface area contributed by atoms with Crippen molar-refractivity contribution in [3.05, 3.63) is 0 Å². The first kappa shape index (κ1) is 22.0. The molecule has 0 N–H and O–H groups in total. The molecule has 0 aromatic rings. The van der Waals surface area contributed by atoms with Gasteiger partial charge in [-0.25, -0.2) is 0 Å². The Morgan fingerprint density at radius 2 is 0.773 bits per heavy atom. The lowest BCUT2D eigenvalue weighted by Crippen LogP contribution is -2.15. The Morgan fingerprint density at radius 1 is 0.409 bits per heavy atom. The Hall–Kier alpha value is 0. The van der Waals surface area contributed by atoms with Gasteiger partial charge in [0.2, 0.25) is 0 Å². The summed E-state index contributed by atoms with van der Waals surface area (Å²) in [7, 11) is 0. The third-order valence-corrected chi connectivity index (χ3v) is 5.48. The first-order valence-electron chi connectivity index (χ1n) is 10.8. The standard InChI is InChI=1S/C22H46/c1-5-9-12-13-14-17-18-21(8-4)22(19-15-10-6-2)20-16-11-7-3/h21-22H,5-20H2,1-4H3. The molecular weight excluding hydrogens is 264 g/mol. The second kappa shape index (κ2) is 17.4. The number of rotatable bonds is 17. The van der Waals surface area contributed by atoms with Gasteiger partial charge in [0.05, 0.1) is 0 Å². The van der Waals surface area contributed by atoms with Crippen molar-refractivity contribution >= 4 is 0 Å². The zero-order valence-electron chi connectivity index (χ0n) is 16.5. The molecule has 0 nitrogen and oxygen atoms in total. The van der Waals surface area contributed by atoms with Crippen molar-refractivity contribution in [3.63, 3.8) is 0 Å². The van der Waals surface area contributed by atoms with Crippen molar-refractivity contribution in [1.29, 1.82) is 0 Å². The largest absolute Gasteiger partial charge is 0.0654 e. The summed E-state index contributed by atoms with van der Waals surface area (Å²) in [5, 5.41) is 0. The Labute approximate surface area is 142 Å². The molecule has 0 amide bonds. The fraction of sp³-hybridized carbons (Fsp3) is 1.00. The van der Waals surface area contributed by atoms with Crippen LogP contribution in [0, 0.1) is 11.8 Å². The van der Waals surface area contributed by atoms with E-state index < -0.39 is 0 Å². The maximum atomic E-state index is 2.44. The summed E-state index contributed by atoms with van der Waals surface area (Å²) in [6.45, 7) is 9.41. The molecule has 0 bridgehead atoms. The highest BCUT2D eigenvalue weighted by atomic mass is 14.2. The summed E-state index contributed by atoms with van der Waals surface area (Å²) in [5.41, 5.74) is 0. The third kappa shape index (κ3) is 12.5. The van der Waals surface area contributed by atoms with Crippen LogP contribution in [0.1, 0.15) is 130 Å². The van der Waals surface area contributed by atoms with Gasteiger partial charge in [-0.2, -0.15) is 0 Å². The van der Waals surface area contributed by atoms with Gasteiger partial charge in [0.25, 0.3) is 0 Å². The van der Waals surface area contributed by atoms with Crippen LogP contribution in [0.2, 0.25) is 0 Å². The van der Waals surface area contributed by atoms with Gasteiger partial charge in [-0.3, -0.25) is 0 Å². The predicted octanol–water partition coefficient (Wildman–Crippen LogP) is 8.54. The fourth-order valence-corrected chi connectivity index (χ4v) is 3.89. The van der Waals surface area contributed by atoms with E-state index >= 15 is 0 Å².